The number of anilines is 1. The molecule has 1 aliphatic heterocycles. The van der Waals surface area contributed by atoms with Crippen molar-refractivity contribution in [1.82, 2.24) is 0 Å². The highest BCUT2D eigenvalue weighted by Gasteiger charge is 2.27. The molecule has 0 saturated heterocycles. The van der Waals surface area contributed by atoms with Gasteiger partial charge in [0.15, 0.2) is 5.75 Å². The van der Waals surface area contributed by atoms with Crippen LogP contribution in [0.25, 0.3) is 0 Å². The third-order valence-corrected chi connectivity index (χ3v) is 4.64. The van der Waals surface area contributed by atoms with Gasteiger partial charge in [-0.25, -0.2) is 0 Å². The Hall–Kier alpha value is -2.25. The minimum atomic E-state index is -3.85. The lowest BCUT2D eigenvalue weighted by Gasteiger charge is -2.20. The molecule has 114 valence electrons. The monoisotopic (exact) mass is 337 g/mol. The molecular formula is C14H12ClN3O3S. The van der Waals surface area contributed by atoms with E-state index in [9.17, 15) is 8.42 Å². The van der Waals surface area contributed by atoms with Crippen molar-refractivity contribution in [1.29, 1.82) is 0 Å². The number of para-hydroxylation sites is 1. The SMILES string of the molecule is Cc1cc(Oc2ccccc2Cl)c2c(c1)S(=O)(=O)N=C(N)N2. The zero-order valence-corrected chi connectivity index (χ0v) is 13.1. The largest absolute Gasteiger partial charge is 0.454 e. The number of nitrogens with two attached hydrogens (primary N) is 1. The van der Waals surface area contributed by atoms with Crippen molar-refractivity contribution in [2.45, 2.75) is 11.8 Å². The van der Waals surface area contributed by atoms with Gasteiger partial charge >= 0.3 is 0 Å². The minimum absolute atomic E-state index is 0.0174. The lowest BCUT2D eigenvalue weighted by molar-refractivity contribution is 0.483. The topological polar surface area (TPSA) is 93.8 Å². The molecule has 6 nitrogen and oxygen atoms in total. The Morgan fingerprint density at radius 3 is 2.68 bits per heavy atom. The Morgan fingerprint density at radius 2 is 1.95 bits per heavy atom. The molecule has 0 amide bonds. The van der Waals surface area contributed by atoms with Gasteiger partial charge in [0.1, 0.15) is 16.3 Å². The smallest absolute Gasteiger partial charge is 0.287 e. The first-order chi connectivity index (χ1) is 10.4. The number of aryl methyl sites for hydroxylation is 1. The van der Waals surface area contributed by atoms with Crippen LogP contribution in [0.2, 0.25) is 5.02 Å². The van der Waals surface area contributed by atoms with E-state index in [1.807, 2.05) is 0 Å². The number of ether oxygens (including phenoxy) is 1. The van der Waals surface area contributed by atoms with Gasteiger partial charge in [-0.3, -0.25) is 0 Å². The third-order valence-electron chi connectivity index (χ3n) is 3.02. The molecule has 3 rings (SSSR count). The van der Waals surface area contributed by atoms with Crippen LogP contribution in [-0.4, -0.2) is 14.4 Å². The number of halogens is 1. The van der Waals surface area contributed by atoms with E-state index in [0.29, 0.717) is 22.1 Å². The van der Waals surface area contributed by atoms with E-state index < -0.39 is 10.0 Å². The second kappa shape index (κ2) is 5.19. The highest BCUT2D eigenvalue weighted by atomic mass is 35.5. The summed E-state index contributed by atoms with van der Waals surface area (Å²) in [6.07, 6.45) is 0. The zero-order valence-electron chi connectivity index (χ0n) is 11.5. The van der Waals surface area contributed by atoms with Crippen molar-refractivity contribution in [3.05, 3.63) is 47.0 Å². The molecule has 0 spiro atoms. The summed E-state index contributed by atoms with van der Waals surface area (Å²) < 4.78 is 33.4. The number of benzene rings is 2. The van der Waals surface area contributed by atoms with E-state index in [4.69, 9.17) is 22.1 Å². The molecule has 0 saturated carbocycles. The zero-order chi connectivity index (χ0) is 15.9. The first-order valence-electron chi connectivity index (χ1n) is 6.31. The summed E-state index contributed by atoms with van der Waals surface area (Å²) in [7, 11) is -3.85. The number of hydrogen-bond donors (Lipinski definition) is 2. The van der Waals surface area contributed by atoms with Crippen LogP contribution in [0.4, 0.5) is 5.69 Å². The molecule has 2 aromatic rings. The molecule has 0 fully saturated rings. The number of hydrogen-bond acceptors (Lipinski definition) is 5. The fourth-order valence-electron chi connectivity index (χ4n) is 2.10. The van der Waals surface area contributed by atoms with Gasteiger partial charge in [-0.05, 0) is 36.8 Å². The van der Waals surface area contributed by atoms with Crippen molar-refractivity contribution in [2.24, 2.45) is 10.1 Å². The van der Waals surface area contributed by atoms with Gasteiger partial charge in [-0.2, -0.15) is 8.42 Å². The average molecular weight is 338 g/mol. The molecule has 1 aliphatic rings. The molecule has 0 aromatic heterocycles. The van der Waals surface area contributed by atoms with Crippen LogP contribution in [0, 0.1) is 6.92 Å². The number of sulfonamides is 1. The molecule has 0 atom stereocenters. The molecule has 2 aromatic carbocycles. The predicted octanol–water partition coefficient (Wildman–Crippen LogP) is 2.87. The summed E-state index contributed by atoms with van der Waals surface area (Å²) in [5, 5.41) is 3.15. The van der Waals surface area contributed by atoms with Crippen molar-refractivity contribution < 1.29 is 13.2 Å². The fourth-order valence-corrected chi connectivity index (χ4v) is 3.43. The van der Waals surface area contributed by atoms with Gasteiger partial charge in [0, 0.05) is 0 Å². The Labute approximate surface area is 132 Å². The Balaban J connectivity index is 2.16. The number of guanidine groups is 1. The molecule has 0 unspecified atom stereocenters. The van der Waals surface area contributed by atoms with Crippen LogP contribution in [0.5, 0.6) is 11.5 Å². The predicted molar refractivity (Wildman–Crippen MR) is 85.1 cm³/mol. The Bertz CT molecular complexity index is 894. The van der Waals surface area contributed by atoms with Gasteiger partial charge in [0.05, 0.1) is 5.02 Å². The van der Waals surface area contributed by atoms with Crippen LogP contribution in [-0.2, 0) is 10.0 Å². The molecule has 0 aliphatic carbocycles. The number of fused-ring (bicyclic) bond motifs is 1. The highest BCUT2D eigenvalue weighted by Crippen LogP contribution is 2.40. The quantitative estimate of drug-likeness (QED) is 0.878. The molecular weight excluding hydrogens is 326 g/mol. The maximum atomic E-state index is 12.1. The van der Waals surface area contributed by atoms with E-state index in [2.05, 4.69) is 9.71 Å². The second-order valence-electron chi connectivity index (χ2n) is 4.75. The molecule has 22 heavy (non-hydrogen) atoms. The normalized spacial score (nSPS) is 15.5. The van der Waals surface area contributed by atoms with Gasteiger partial charge in [0.2, 0.25) is 5.96 Å². The van der Waals surface area contributed by atoms with Crippen LogP contribution >= 0.6 is 11.6 Å². The summed E-state index contributed by atoms with van der Waals surface area (Å²) in [5.74, 6) is 0.516. The maximum absolute atomic E-state index is 12.1. The third kappa shape index (κ3) is 2.60. The van der Waals surface area contributed by atoms with E-state index >= 15 is 0 Å². The number of rotatable bonds is 2. The van der Waals surface area contributed by atoms with Crippen molar-refractivity contribution in [3.8, 4) is 11.5 Å². The Morgan fingerprint density at radius 1 is 1.23 bits per heavy atom. The van der Waals surface area contributed by atoms with E-state index in [0.717, 1.165) is 0 Å². The summed E-state index contributed by atoms with van der Waals surface area (Å²) in [6.45, 7) is 1.76. The molecule has 0 bridgehead atoms. The van der Waals surface area contributed by atoms with E-state index in [-0.39, 0.29) is 16.5 Å². The summed E-state index contributed by atoms with van der Waals surface area (Å²) in [5.41, 5.74) is 6.49. The Kier molecular flexibility index (Phi) is 3.46. The highest BCUT2D eigenvalue weighted by molar-refractivity contribution is 7.90. The lowest BCUT2D eigenvalue weighted by atomic mass is 10.2. The van der Waals surface area contributed by atoms with E-state index in [1.165, 1.54) is 6.07 Å². The maximum Gasteiger partial charge on any atom is 0.287 e. The second-order valence-corrected chi connectivity index (χ2v) is 6.73. The average Bonchev–Trinajstić information content (AvgIpc) is 2.42. The lowest BCUT2D eigenvalue weighted by Crippen LogP contribution is -2.29. The first kappa shape index (κ1) is 14.7. The first-order valence-corrected chi connectivity index (χ1v) is 8.13. The minimum Gasteiger partial charge on any atom is -0.454 e. The molecule has 0 radical (unpaired) electrons. The van der Waals surface area contributed by atoms with Crippen molar-refractivity contribution in [2.75, 3.05) is 5.32 Å². The standard InChI is InChI=1S/C14H12ClN3O3S/c1-8-6-11(21-10-5-3-2-4-9(10)15)13-12(7-8)22(19,20)18-14(16)17-13/h2-7H,1H3,(H3,16,17,18). The van der Waals surface area contributed by atoms with Crippen LogP contribution < -0.4 is 15.8 Å². The number of nitrogens with one attached hydrogen (secondary N) is 1. The van der Waals surface area contributed by atoms with Gasteiger partial charge in [-0.15, -0.1) is 4.40 Å². The van der Waals surface area contributed by atoms with Crippen molar-refractivity contribution >= 4 is 33.3 Å². The van der Waals surface area contributed by atoms with Gasteiger partial charge in [-0.1, -0.05) is 23.7 Å². The van der Waals surface area contributed by atoms with Crippen LogP contribution in [0.3, 0.4) is 0 Å². The van der Waals surface area contributed by atoms with E-state index in [1.54, 1.807) is 37.3 Å². The van der Waals surface area contributed by atoms with Crippen LogP contribution in [0.1, 0.15) is 5.56 Å². The molecule has 1 heterocycles. The van der Waals surface area contributed by atoms with Crippen LogP contribution in [0.15, 0.2) is 45.7 Å². The summed E-state index contributed by atoms with van der Waals surface area (Å²) in [6, 6.07) is 10.1. The molecule has 3 N–H and O–H groups in total. The molecule has 8 heteroatoms. The van der Waals surface area contributed by atoms with Crippen molar-refractivity contribution in [3.63, 3.8) is 0 Å². The summed E-state index contributed by atoms with van der Waals surface area (Å²) in [4.78, 5) is 0.0174. The van der Waals surface area contributed by atoms with Gasteiger partial charge < -0.3 is 15.8 Å². The summed E-state index contributed by atoms with van der Waals surface area (Å²) >= 11 is 6.07. The fraction of sp³-hybridized carbons (Fsp3) is 0.0714. The number of nitrogens with zero attached hydrogens (tertiary/aromatic N) is 1. The van der Waals surface area contributed by atoms with Gasteiger partial charge in [0.25, 0.3) is 10.0 Å².